The summed E-state index contributed by atoms with van der Waals surface area (Å²) in [4.78, 5) is 11.4. The van der Waals surface area contributed by atoms with E-state index in [2.05, 4.69) is 36.7 Å². The zero-order chi connectivity index (χ0) is 11.6. The van der Waals surface area contributed by atoms with Crippen LogP contribution in [0.15, 0.2) is 9.85 Å². The molecule has 0 radical (unpaired) electrons. The van der Waals surface area contributed by atoms with Crippen LogP contribution in [-0.4, -0.2) is 11.1 Å². The summed E-state index contributed by atoms with van der Waals surface area (Å²) in [5.41, 5.74) is 1.18. The lowest BCUT2D eigenvalue weighted by molar-refractivity contribution is 0.0701. The van der Waals surface area contributed by atoms with Crippen molar-refractivity contribution in [3.63, 3.8) is 0 Å². The van der Waals surface area contributed by atoms with Gasteiger partial charge < -0.3 is 5.11 Å². The number of aryl methyl sites for hydroxylation is 1. The van der Waals surface area contributed by atoms with E-state index in [-0.39, 0.29) is 5.41 Å². The highest BCUT2D eigenvalue weighted by Crippen LogP contribution is 2.30. The second-order valence-corrected chi connectivity index (χ2v) is 7.20. The van der Waals surface area contributed by atoms with Gasteiger partial charge in [-0.2, -0.15) is 0 Å². The minimum Gasteiger partial charge on any atom is -0.477 e. The van der Waals surface area contributed by atoms with Crippen LogP contribution in [0.3, 0.4) is 0 Å². The van der Waals surface area contributed by atoms with Crippen LogP contribution >= 0.6 is 27.3 Å². The molecule has 1 heterocycles. The molecule has 1 rings (SSSR count). The Morgan fingerprint density at radius 2 is 2.13 bits per heavy atom. The lowest BCUT2D eigenvalue weighted by atomic mass is 9.89. The highest BCUT2D eigenvalue weighted by Gasteiger charge is 2.17. The molecule has 4 heteroatoms. The van der Waals surface area contributed by atoms with Gasteiger partial charge in [0.25, 0.3) is 0 Å². The second kappa shape index (κ2) is 4.66. The fourth-order valence-electron chi connectivity index (χ4n) is 1.27. The van der Waals surface area contributed by atoms with E-state index in [4.69, 9.17) is 5.11 Å². The van der Waals surface area contributed by atoms with Gasteiger partial charge in [-0.1, -0.05) is 20.8 Å². The number of carbonyl (C=O) groups is 1. The van der Waals surface area contributed by atoms with Crippen molar-refractivity contribution in [3.8, 4) is 0 Å². The standard InChI is InChI=1S/C11H15BrO2S/c1-11(2,3)5-4-7-6-8(12)15-9(7)10(13)14/h6H,4-5H2,1-3H3,(H,13,14). The van der Waals surface area contributed by atoms with Crippen molar-refractivity contribution in [3.05, 3.63) is 20.3 Å². The van der Waals surface area contributed by atoms with Gasteiger partial charge in [-0.3, -0.25) is 0 Å². The molecule has 1 N–H and O–H groups in total. The molecule has 0 aliphatic heterocycles. The largest absolute Gasteiger partial charge is 0.477 e. The Labute approximate surface area is 102 Å². The maximum absolute atomic E-state index is 10.9. The van der Waals surface area contributed by atoms with Crippen molar-refractivity contribution >= 4 is 33.2 Å². The average molecular weight is 291 g/mol. The maximum atomic E-state index is 10.9. The van der Waals surface area contributed by atoms with Crippen LogP contribution in [0, 0.1) is 5.41 Å². The minimum absolute atomic E-state index is 0.240. The number of hydrogen-bond acceptors (Lipinski definition) is 2. The van der Waals surface area contributed by atoms with Crippen LogP contribution < -0.4 is 0 Å². The van der Waals surface area contributed by atoms with Crippen molar-refractivity contribution in [1.29, 1.82) is 0 Å². The zero-order valence-corrected chi connectivity index (χ0v) is 11.5. The first-order valence-electron chi connectivity index (χ1n) is 4.81. The highest BCUT2D eigenvalue weighted by molar-refractivity contribution is 9.11. The summed E-state index contributed by atoms with van der Waals surface area (Å²) in [6.07, 6.45) is 1.82. The van der Waals surface area contributed by atoms with Crippen molar-refractivity contribution in [2.75, 3.05) is 0 Å². The highest BCUT2D eigenvalue weighted by atomic mass is 79.9. The first-order chi connectivity index (χ1) is 6.79. The molecular weight excluding hydrogens is 276 g/mol. The van der Waals surface area contributed by atoms with Crippen molar-refractivity contribution in [1.82, 2.24) is 0 Å². The first-order valence-corrected chi connectivity index (χ1v) is 6.42. The molecule has 84 valence electrons. The van der Waals surface area contributed by atoms with Crippen molar-refractivity contribution < 1.29 is 9.90 Å². The monoisotopic (exact) mass is 290 g/mol. The fourth-order valence-corrected chi connectivity index (χ4v) is 2.81. The molecule has 0 saturated carbocycles. The van der Waals surface area contributed by atoms with Gasteiger partial charge in [0.1, 0.15) is 4.88 Å². The Balaban J connectivity index is 2.80. The van der Waals surface area contributed by atoms with Crippen LogP contribution in [0.25, 0.3) is 0 Å². The Bertz CT molecular complexity index is 363. The topological polar surface area (TPSA) is 37.3 Å². The van der Waals surface area contributed by atoms with Crippen LogP contribution in [0.4, 0.5) is 0 Å². The van der Waals surface area contributed by atoms with Gasteiger partial charge in [0.15, 0.2) is 0 Å². The summed E-state index contributed by atoms with van der Waals surface area (Å²) in [5, 5.41) is 9.00. The van der Waals surface area contributed by atoms with Gasteiger partial charge in [-0.15, -0.1) is 11.3 Å². The minimum atomic E-state index is -0.824. The number of carboxylic acids is 1. The Morgan fingerprint density at radius 1 is 1.53 bits per heavy atom. The van der Waals surface area contributed by atoms with E-state index in [1.165, 1.54) is 11.3 Å². The molecule has 0 saturated heterocycles. The van der Waals surface area contributed by atoms with Crippen LogP contribution in [0.2, 0.25) is 0 Å². The summed E-state index contributed by atoms with van der Waals surface area (Å²) in [6.45, 7) is 6.48. The van der Waals surface area contributed by atoms with E-state index in [0.717, 1.165) is 22.2 Å². The lowest BCUT2D eigenvalue weighted by Crippen LogP contribution is -2.07. The molecule has 2 nitrogen and oxygen atoms in total. The molecule has 0 bridgehead atoms. The van der Waals surface area contributed by atoms with Gasteiger partial charge in [-0.05, 0) is 45.8 Å². The Morgan fingerprint density at radius 3 is 2.60 bits per heavy atom. The average Bonchev–Trinajstić information content (AvgIpc) is 2.42. The number of aromatic carboxylic acids is 1. The number of carboxylic acid groups (broad SMARTS) is 1. The SMILES string of the molecule is CC(C)(C)CCc1cc(Br)sc1C(=O)O. The number of rotatable bonds is 3. The van der Waals surface area contributed by atoms with Gasteiger partial charge in [-0.25, -0.2) is 4.79 Å². The molecule has 0 unspecified atom stereocenters. The third-order valence-electron chi connectivity index (χ3n) is 2.12. The number of hydrogen-bond donors (Lipinski definition) is 1. The summed E-state index contributed by atoms with van der Waals surface area (Å²) >= 11 is 4.62. The van der Waals surface area contributed by atoms with E-state index in [1.807, 2.05) is 6.07 Å². The molecule has 15 heavy (non-hydrogen) atoms. The maximum Gasteiger partial charge on any atom is 0.346 e. The smallest absolute Gasteiger partial charge is 0.346 e. The predicted octanol–water partition coefficient (Wildman–Crippen LogP) is 4.19. The van der Waals surface area contributed by atoms with E-state index in [0.29, 0.717) is 4.88 Å². The fraction of sp³-hybridized carbons (Fsp3) is 0.545. The van der Waals surface area contributed by atoms with Gasteiger partial charge in [0.05, 0.1) is 3.79 Å². The molecule has 1 aromatic rings. The second-order valence-electron chi connectivity index (χ2n) is 4.77. The van der Waals surface area contributed by atoms with Crippen molar-refractivity contribution in [2.45, 2.75) is 33.6 Å². The van der Waals surface area contributed by atoms with Crippen LogP contribution in [0.5, 0.6) is 0 Å². The Kier molecular flexibility index (Phi) is 3.95. The predicted molar refractivity (Wildman–Crippen MR) is 66.8 cm³/mol. The lowest BCUT2D eigenvalue weighted by Gasteiger charge is -2.17. The number of thiophene rings is 1. The molecule has 0 aliphatic rings. The van der Waals surface area contributed by atoms with Gasteiger partial charge in [0, 0.05) is 0 Å². The quantitative estimate of drug-likeness (QED) is 0.906. The summed E-state index contributed by atoms with van der Waals surface area (Å²) < 4.78 is 0.892. The molecule has 1 aromatic heterocycles. The first kappa shape index (κ1) is 12.7. The summed E-state index contributed by atoms with van der Waals surface area (Å²) in [7, 11) is 0. The van der Waals surface area contributed by atoms with Crippen LogP contribution in [0.1, 0.15) is 42.4 Å². The third kappa shape index (κ3) is 3.95. The molecule has 0 fully saturated rings. The number of halogens is 1. The molecule has 0 spiro atoms. The molecule has 0 aromatic carbocycles. The molecule has 0 aliphatic carbocycles. The van der Waals surface area contributed by atoms with Crippen molar-refractivity contribution in [2.24, 2.45) is 5.41 Å². The molecule has 0 amide bonds. The van der Waals surface area contributed by atoms with Crippen LogP contribution in [-0.2, 0) is 6.42 Å². The Hall–Kier alpha value is -0.350. The van der Waals surface area contributed by atoms with E-state index < -0.39 is 5.97 Å². The molecular formula is C11H15BrO2S. The normalized spacial score (nSPS) is 11.7. The van der Waals surface area contributed by atoms with E-state index in [9.17, 15) is 4.79 Å². The van der Waals surface area contributed by atoms with E-state index in [1.54, 1.807) is 0 Å². The van der Waals surface area contributed by atoms with Gasteiger partial charge in [0.2, 0.25) is 0 Å². The van der Waals surface area contributed by atoms with Gasteiger partial charge >= 0.3 is 5.97 Å². The van der Waals surface area contributed by atoms with E-state index >= 15 is 0 Å². The molecule has 0 atom stereocenters. The summed E-state index contributed by atoms with van der Waals surface area (Å²) in [6, 6.07) is 1.92. The summed E-state index contributed by atoms with van der Waals surface area (Å²) in [5.74, 6) is -0.824. The zero-order valence-electron chi connectivity index (χ0n) is 9.13. The third-order valence-corrected chi connectivity index (χ3v) is 3.79.